The third kappa shape index (κ3) is 2.79. The monoisotopic (exact) mass is 299 g/mol. The first kappa shape index (κ1) is 14.2. The molecule has 4 rings (SSSR count). The number of rotatable bonds is 2. The van der Waals surface area contributed by atoms with E-state index in [1.54, 1.807) is 0 Å². The van der Waals surface area contributed by atoms with Crippen LogP contribution in [0.4, 0.5) is 0 Å². The molecule has 0 atom stereocenters. The molecule has 0 unspecified atom stereocenters. The molecule has 0 radical (unpaired) electrons. The summed E-state index contributed by atoms with van der Waals surface area (Å²) in [7, 11) is 0. The topological polar surface area (TPSA) is 12.9 Å². The Labute approximate surface area is 138 Å². The molecule has 1 heterocycles. The molecule has 1 nitrogen and oxygen atoms in total. The molecule has 23 heavy (non-hydrogen) atoms. The second kappa shape index (κ2) is 6.00. The van der Waals surface area contributed by atoms with Crippen molar-refractivity contribution in [2.45, 2.75) is 32.6 Å². The fourth-order valence-electron chi connectivity index (χ4n) is 3.51. The SMILES string of the molecule is Cc1ccccc1-c1cccc(-c2cc3c(cn2)CCCC3)c1. The summed E-state index contributed by atoms with van der Waals surface area (Å²) >= 11 is 0. The highest BCUT2D eigenvalue weighted by Crippen LogP contribution is 2.29. The molecule has 0 fully saturated rings. The van der Waals surface area contributed by atoms with Crippen LogP contribution in [0.15, 0.2) is 60.8 Å². The first-order chi connectivity index (χ1) is 11.3. The second-order valence-corrected chi connectivity index (χ2v) is 6.44. The van der Waals surface area contributed by atoms with Crippen LogP contribution in [0.2, 0.25) is 0 Å². The molecular formula is C22H21N. The maximum absolute atomic E-state index is 4.72. The van der Waals surface area contributed by atoms with E-state index in [-0.39, 0.29) is 0 Å². The summed E-state index contributed by atoms with van der Waals surface area (Å²) in [4.78, 5) is 4.72. The third-order valence-corrected chi connectivity index (χ3v) is 4.84. The Balaban J connectivity index is 1.76. The molecule has 0 saturated carbocycles. The minimum atomic E-state index is 1.10. The van der Waals surface area contributed by atoms with E-state index in [1.165, 1.54) is 59.1 Å². The van der Waals surface area contributed by atoms with Gasteiger partial charge in [0.05, 0.1) is 5.69 Å². The first-order valence-corrected chi connectivity index (χ1v) is 8.45. The van der Waals surface area contributed by atoms with Gasteiger partial charge in [0.25, 0.3) is 0 Å². The number of fused-ring (bicyclic) bond motifs is 1. The maximum Gasteiger partial charge on any atom is 0.0705 e. The number of nitrogens with zero attached hydrogens (tertiary/aromatic N) is 1. The molecule has 0 saturated heterocycles. The van der Waals surface area contributed by atoms with Crippen molar-refractivity contribution in [2.75, 3.05) is 0 Å². The van der Waals surface area contributed by atoms with E-state index in [1.807, 2.05) is 0 Å². The van der Waals surface area contributed by atoms with Crippen LogP contribution in [0.5, 0.6) is 0 Å². The molecule has 0 N–H and O–H groups in total. The van der Waals surface area contributed by atoms with Crippen molar-refractivity contribution in [2.24, 2.45) is 0 Å². The number of hydrogen-bond donors (Lipinski definition) is 0. The van der Waals surface area contributed by atoms with Gasteiger partial charge < -0.3 is 0 Å². The van der Waals surface area contributed by atoms with Gasteiger partial charge in [0, 0.05) is 11.8 Å². The molecule has 2 aromatic carbocycles. The summed E-state index contributed by atoms with van der Waals surface area (Å²) in [5, 5.41) is 0. The Bertz CT molecular complexity index is 848. The summed E-state index contributed by atoms with van der Waals surface area (Å²) in [5.41, 5.74) is 9.10. The number of benzene rings is 2. The van der Waals surface area contributed by atoms with Gasteiger partial charge in [-0.1, -0.05) is 42.5 Å². The molecule has 114 valence electrons. The van der Waals surface area contributed by atoms with Crippen LogP contribution in [-0.4, -0.2) is 4.98 Å². The van der Waals surface area contributed by atoms with Gasteiger partial charge in [0.15, 0.2) is 0 Å². The molecule has 0 spiro atoms. The number of pyridine rings is 1. The van der Waals surface area contributed by atoms with Crippen molar-refractivity contribution in [3.63, 3.8) is 0 Å². The third-order valence-electron chi connectivity index (χ3n) is 4.84. The van der Waals surface area contributed by atoms with Crippen molar-refractivity contribution in [1.82, 2.24) is 4.98 Å². The normalized spacial score (nSPS) is 13.6. The van der Waals surface area contributed by atoms with E-state index in [4.69, 9.17) is 4.98 Å². The van der Waals surface area contributed by atoms with Crippen LogP contribution in [0.1, 0.15) is 29.5 Å². The molecule has 1 heteroatoms. The highest BCUT2D eigenvalue weighted by molar-refractivity contribution is 5.73. The van der Waals surface area contributed by atoms with Gasteiger partial charge in [0.2, 0.25) is 0 Å². The van der Waals surface area contributed by atoms with Crippen LogP contribution in [0.3, 0.4) is 0 Å². The Morgan fingerprint density at radius 2 is 1.57 bits per heavy atom. The fourth-order valence-corrected chi connectivity index (χ4v) is 3.51. The van der Waals surface area contributed by atoms with Gasteiger partial charge in [-0.25, -0.2) is 0 Å². The molecule has 3 aromatic rings. The van der Waals surface area contributed by atoms with Crippen LogP contribution >= 0.6 is 0 Å². The summed E-state index contributed by atoms with van der Waals surface area (Å²) in [5.74, 6) is 0. The van der Waals surface area contributed by atoms with Crippen LogP contribution in [-0.2, 0) is 12.8 Å². The Hall–Kier alpha value is -2.41. The predicted molar refractivity (Wildman–Crippen MR) is 96.5 cm³/mol. The maximum atomic E-state index is 4.72. The van der Waals surface area contributed by atoms with Crippen molar-refractivity contribution in [1.29, 1.82) is 0 Å². The average Bonchev–Trinajstić information content (AvgIpc) is 2.62. The van der Waals surface area contributed by atoms with Crippen molar-refractivity contribution < 1.29 is 0 Å². The van der Waals surface area contributed by atoms with Gasteiger partial charge in [-0.05, 0) is 72.6 Å². The standard InChI is InChI=1S/C22H21N/c1-16-7-2-5-12-21(16)18-10-6-11-19(13-18)22-14-17-8-3-4-9-20(17)15-23-22/h2,5-7,10-15H,3-4,8-9H2,1H3. The highest BCUT2D eigenvalue weighted by Gasteiger charge is 2.11. The van der Waals surface area contributed by atoms with Gasteiger partial charge in [0.1, 0.15) is 0 Å². The van der Waals surface area contributed by atoms with Crippen LogP contribution in [0.25, 0.3) is 22.4 Å². The lowest BCUT2D eigenvalue weighted by atomic mass is 9.91. The zero-order valence-corrected chi connectivity index (χ0v) is 13.5. The number of aryl methyl sites for hydroxylation is 3. The zero-order valence-electron chi connectivity index (χ0n) is 13.5. The minimum Gasteiger partial charge on any atom is -0.256 e. The van der Waals surface area contributed by atoms with E-state index in [0.717, 1.165) is 5.69 Å². The van der Waals surface area contributed by atoms with Gasteiger partial charge >= 0.3 is 0 Å². The molecule has 0 aliphatic heterocycles. The summed E-state index contributed by atoms with van der Waals surface area (Å²) < 4.78 is 0. The van der Waals surface area contributed by atoms with E-state index >= 15 is 0 Å². The average molecular weight is 299 g/mol. The van der Waals surface area contributed by atoms with Gasteiger partial charge in [-0.2, -0.15) is 0 Å². The van der Waals surface area contributed by atoms with E-state index < -0.39 is 0 Å². The molecule has 1 aromatic heterocycles. The smallest absolute Gasteiger partial charge is 0.0705 e. The van der Waals surface area contributed by atoms with E-state index in [9.17, 15) is 0 Å². The Morgan fingerprint density at radius 1 is 0.783 bits per heavy atom. The van der Waals surface area contributed by atoms with E-state index in [0.29, 0.717) is 0 Å². The first-order valence-electron chi connectivity index (χ1n) is 8.45. The lowest BCUT2D eigenvalue weighted by Crippen LogP contribution is -2.03. The van der Waals surface area contributed by atoms with Crippen LogP contribution in [0, 0.1) is 6.92 Å². The van der Waals surface area contributed by atoms with Crippen LogP contribution < -0.4 is 0 Å². The summed E-state index contributed by atoms with van der Waals surface area (Å²) in [6.45, 7) is 2.17. The predicted octanol–water partition coefficient (Wildman–Crippen LogP) is 5.60. The Kier molecular flexibility index (Phi) is 3.70. The quantitative estimate of drug-likeness (QED) is 0.600. The lowest BCUT2D eigenvalue weighted by Gasteiger charge is -2.16. The molecule has 1 aliphatic rings. The molecule has 0 bridgehead atoms. The van der Waals surface area contributed by atoms with Crippen molar-refractivity contribution in [3.05, 3.63) is 77.5 Å². The second-order valence-electron chi connectivity index (χ2n) is 6.44. The number of hydrogen-bond acceptors (Lipinski definition) is 1. The fraction of sp³-hybridized carbons (Fsp3) is 0.227. The summed E-state index contributed by atoms with van der Waals surface area (Å²) in [6.07, 6.45) is 7.08. The van der Waals surface area contributed by atoms with E-state index in [2.05, 4.69) is 67.7 Å². The largest absolute Gasteiger partial charge is 0.256 e. The highest BCUT2D eigenvalue weighted by atomic mass is 14.7. The summed E-state index contributed by atoms with van der Waals surface area (Å²) in [6, 6.07) is 19.6. The molecule has 1 aliphatic carbocycles. The zero-order chi connectivity index (χ0) is 15.6. The van der Waals surface area contributed by atoms with Crippen molar-refractivity contribution in [3.8, 4) is 22.4 Å². The molecule has 0 amide bonds. The minimum absolute atomic E-state index is 1.10. The lowest BCUT2D eigenvalue weighted by molar-refractivity contribution is 0.682. The number of aromatic nitrogens is 1. The van der Waals surface area contributed by atoms with Gasteiger partial charge in [-0.3, -0.25) is 4.98 Å². The van der Waals surface area contributed by atoms with Gasteiger partial charge in [-0.15, -0.1) is 0 Å². The Morgan fingerprint density at radius 3 is 2.43 bits per heavy atom. The van der Waals surface area contributed by atoms with Crippen molar-refractivity contribution >= 4 is 0 Å². The molecular weight excluding hydrogens is 278 g/mol.